The molecule has 0 aliphatic heterocycles. The van der Waals surface area contributed by atoms with Crippen molar-refractivity contribution in [2.75, 3.05) is 0 Å². The van der Waals surface area contributed by atoms with Crippen molar-refractivity contribution < 1.29 is 0 Å². The third-order valence-corrected chi connectivity index (χ3v) is 3.47. The Morgan fingerprint density at radius 2 is 1.62 bits per heavy atom. The van der Waals surface area contributed by atoms with E-state index in [9.17, 15) is 0 Å². The van der Waals surface area contributed by atoms with Gasteiger partial charge < -0.3 is 0 Å². The van der Waals surface area contributed by atoms with E-state index in [1.165, 1.54) is 69.8 Å². The van der Waals surface area contributed by atoms with E-state index < -0.39 is 0 Å². The Morgan fingerprint density at radius 1 is 0.938 bits per heavy atom. The summed E-state index contributed by atoms with van der Waals surface area (Å²) in [7, 11) is 0. The van der Waals surface area contributed by atoms with Gasteiger partial charge in [-0.3, -0.25) is 0 Å². The fraction of sp³-hybridized carbons (Fsp3) is 0.875. The molecule has 0 radical (unpaired) electrons. The van der Waals surface area contributed by atoms with Crippen LogP contribution in [0, 0.1) is 5.92 Å². The number of hydrogen-bond acceptors (Lipinski definition) is 0. The lowest BCUT2D eigenvalue weighted by atomic mass is 9.90. The molecule has 0 fully saturated rings. The minimum Gasteiger partial charge on any atom is -0.0999 e. The zero-order valence-corrected chi connectivity index (χ0v) is 11.9. The van der Waals surface area contributed by atoms with E-state index in [-0.39, 0.29) is 0 Å². The van der Waals surface area contributed by atoms with Crippen molar-refractivity contribution in [3.8, 4) is 0 Å². The normalized spacial score (nSPS) is 12.7. The largest absolute Gasteiger partial charge is 0.0999 e. The van der Waals surface area contributed by atoms with Crippen molar-refractivity contribution in [3.05, 3.63) is 12.2 Å². The second-order valence-corrected chi connectivity index (χ2v) is 5.18. The monoisotopic (exact) mass is 224 g/mol. The van der Waals surface area contributed by atoms with Crippen molar-refractivity contribution in [1.29, 1.82) is 0 Å². The maximum absolute atomic E-state index is 4.19. The van der Waals surface area contributed by atoms with Gasteiger partial charge in [-0.15, -0.1) is 0 Å². The Hall–Kier alpha value is -0.260. The van der Waals surface area contributed by atoms with Crippen LogP contribution >= 0.6 is 0 Å². The Morgan fingerprint density at radius 3 is 2.19 bits per heavy atom. The molecular formula is C16H32. The molecule has 0 amide bonds. The van der Waals surface area contributed by atoms with Gasteiger partial charge in [-0.25, -0.2) is 0 Å². The van der Waals surface area contributed by atoms with Gasteiger partial charge in [0.05, 0.1) is 0 Å². The zero-order valence-electron chi connectivity index (χ0n) is 11.9. The van der Waals surface area contributed by atoms with E-state index in [0.717, 1.165) is 5.92 Å². The highest BCUT2D eigenvalue weighted by Gasteiger charge is 2.07. The van der Waals surface area contributed by atoms with Gasteiger partial charge in [-0.2, -0.15) is 0 Å². The molecule has 0 saturated carbocycles. The summed E-state index contributed by atoms with van der Waals surface area (Å²) >= 11 is 0. The fourth-order valence-electron chi connectivity index (χ4n) is 2.35. The van der Waals surface area contributed by atoms with E-state index in [2.05, 4.69) is 27.4 Å². The summed E-state index contributed by atoms with van der Waals surface area (Å²) < 4.78 is 0. The molecule has 0 rings (SSSR count). The molecule has 0 bridgehead atoms. The summed E-state index contributed by atoms with van der Waals surface area (Å²) in [4.78, 5) is 0. The minimum absolute atomic E-state index is 0.903. The van der Waals surface area contributed by atoms with Crippen molar-refractivity contribution in [1.82, 2.24) is 0 Å². The average Bonchev–Trinajstić information content (AvgIpc) is 2.27. The third kappa shape index (κ3) is 9.00. The summed E-state index contributed by atoms with van der Waals surface area (Å²) in [5, 5.41) is 0. The molecule has 0 heteroatoms. The van der Waals surface area contributed by atoms with E-state index in [1.54, 1.807) is 0 Å². The average molecular weight is 224 g/mol. The van der Waals surface area contributed by atoms with Crippen LogP contribution in [-0.4, -0.2) is 0 Å². The van der Waals surface area contributed by atoms with Crippen LogP contribution in [0.1, 0.15) is 85.0 Å². The van der Waals surface area contributed by atoms with Crippen LogP contribution in [0.3, 0.4) is 0 Å². The van der Waals surface area contributed by atoms with Gasteiger partial charge in [0, 0.05) is 0 Å². The van der Waals surface area contributed by atoms with Gasteiger partial charge in [0.1, 0.15) is 0 Å². The molecule has 0 aliphatic rings. The first-order chi connectivity index (χ1) is 7.74. The Labute approximate surface area is 104 Å². The molecule has 0 nitrogen and oxygen atoms in total. The summed E-state index contributed by atoms with van der Waals surface area (Å²) in [5.41, 5.74) is 1.47. The zero-order chi connectivity index (χ0) is 12.2. The van der Waals surface area contributed by atoms with Crippen LogP contribution in [0.5, 0.6) is 0 Å². The van der Waals surface area contributed by atoms with Crippen LogP contribution in [0.2, 0.25) is 0 Å². The molecule has 0 aromatic rings. The van der Waals surface area contributed by atoms with Gasteiger partial charge in [0.2, 0.25) is 0 Å². The number of hydrogen-bond donors (Lipinski definition) is 0. The molecular weight excluding hydrogens is 192 g/mol. The maximum atomic E-state index is 4.19. The molecule has 16 heavy (non-hydrogen) atoms. The van der Waals surface area contributed by atoms with Crippen LogP contribution in [0.4, 0.5) is 0 Å². The van der Waals surface area contributed by atoms with Crippen LogP contribution in [-0.2, 0) is 0 Å². The highest BCUT2D eigenvalue weighted by molar-refractivity contribution is 4.95. The van der Waals surface area contributed by atoms with Gasteiger partial charge in [0.15, 0.2) is 0 Å². The molecule has 1 unspecified atom stereocenters. The number of unbranched alkanes of at least 4 members (excludes halogenated alkanes) is 4. The van der Waals surface area contributed by atoms with Crippen molar-refractivity contribution in [2.24, 2.45) is 5.92 Å². The molecule has 0 spiro atoms. The van der Waals surface area contributed by atoms with E-state index in [0.29, 0.717) is 0 Å². The van der Waals surface area contributed by atoms with Gasteiger partial charge in [-0.05, 0) is 18.8 Å². The van der Waals surface area contributed by atoms with Crippen LogP contribution in [0.25, 0.3) is 0 Å². The fourth-order valence-corrected chi connectivity index (χ4v) is 2.35. The molecule has 0 N–H and O–H groups in total. The second-order valence-electron chi connectivity index (χ2n) is 5.18. The van der Waals surface area contributed by atoms with Gasteiger partial charge >= 0.3 is 0 Å². The van der Waals surface area contributed by atoms with Gasteiger partial charge in [-0.1, -0.05) is 84.3 Å². The van der Waals surface area contributed by atoms with Crippen LogP contribution in [0.15, 0.2) is 12.2 Å². The Bertz CT molecular complexity index is 157. The SMILES string of the molecule is C=C(CCC)CC(CC)CCCCCCC. The molecule has 0 saturated heterocycles. The van der Waals surface area contributed by atoms with E-state index in [1.807, 2.05) is 0 Å². The summed E-state index contributed by atoms with van der Waals surface area (Å²) in [5.74, 6) is 0.903. The van der Waals surface area contributed by atoms with Crippen molar-refractivity contribution >= 4 is 0 Å². The Kier molecular flexibility index (Phi) is 11.0. The second kappa shape index (κ2) is 11.2. The molecule has 1 atom stereocenters. The Balaban J connectivity index is 3.54. The van der Waals surface area contributed by atoms with E-state index in [4.69, 9.17) is 0 Å². The predicted octanol–water partition coefficient (Wildman–Crippen LogP) is 6.12. The highest BCUT2D eigenvalue weighted by atomic mass is 14.1. The van der Waals surface area contributed by atoms with Crippen LogP contribution < -0.4 is 0 Å². The summed E-state index contributed by atoms with van der Waals surface area (Å²) in [6.07, 6.45) is 13.6. The first-order valence-electron chi connectivity index (χ1n) is 7.41. The predicted molar refractivity (Wildman–Crippen MR) is 75.8 cm³/mol. The number of allylic oxidation sites excluding steroid dienone is 1. The van der Waals surface area contributed by atoms with Gasteiger partial charge in [0.25, 0.3) is 0 Å². The lowest BCUT2D eigenvalue weighted by molar-refractivity contribution is 0.432. The smallest absolute Gasteiger partial charge is 0.0295 e. The lowest BCUT2D eigenvalue weighted by Gasteiger charge is -2.16. The highest BCUT2D eigenvalue weighted by Crippen LogP contribution is 2.23. The minimum atomic E-state index is 0.903. The molecule has 0 aromatic carbocycles. The standard InChI is InChI=1S/C16H32/c1-5-8-9-10-11-13-16(7-3)14-15(4)12-6-2/h16H,4-14H2,1-3H3. The van der Waals surface area contributed by atoms with E-state index >= 15 is 0 Å². The molecule has 0 aliphatic carbocycles. The first kappa shape index (κ1) is 15.7. The molecule has 96 valence electrons. The summed E-state index contributed by atoms with van der Waals surface area (Å²) in [6, 6.07) is 0. The third-order valence-electron chi connectivity index (χ3n) is 3.47. The quantitative estimate of drug-likeness (QED) is 0.293. The molecule has 0 heterocycles. The maximum Gasteiger partial charge on any atom is -0.0295 e. The topological polar surface area (TPSA) is 0 Å². The number of rotatable bonds is 11. The molecule has 0 aromatic heterocycles. The first-order valence-corrected chi connectivity index (χ1v) is 7.41. The summed E-state index contributed by atoms with van der Waals surface area (Å²) in [6.45, 7) is 11.0. The lowest BCUT2D eigenvalue weighted by Crippen LogP contribution is -2.00. The van der Waals surface area contributed by atoms with Crippen molar-refractivity contribution in [3.63, 3.8) is 0 Å². The van der Waals surface area contributed by atoms with Crippen molar-refractivity contribution in [2.45, 2.75) is 85.0 Å².